The number of carboxylic acids is 1. The molecule has 0 aliphatic heterocycles. The maximum absolute atomic E-state index is 9.37. The number of carbonyl (C=O) groups is 1. The monoisotopic (exact) mass is 467 g/mol. The first kappa shape index (κ1) is 21.2. The number of hydrogen-bond donors (Lipinski definition) is 1. The van der Waals surface area contributed by atoms with E-state index in [0.29, 0.717) is 0 Å². The zero-order valence-corrected chi connectivity index (χ0v) is 18.7. The van der Waals surface area contributed by atoms with Crippen LogP contribution in [0.25, 0.3) is 0 Å². The molecule has 27 heavy (non-hydrogen) atoms. The summed E-state index contributed by atoms with van der Waals surface area (Å²) in [7, 11) is 0. The van der Waals surface area contributed by atoms with E-state index in [1.807, 2.05) is 0 Å². The molecule has 1 N–H and O–H groups in total. The molecule has 0 atom stereocenters. The first-order valence-electron chi connectivity index (χ1n) is 9.34. The van der Waals surface area contributed by atoms with Crippen molar-refractivity contribution in [1.29, 1.82) is 0 Å². The molecule has 0 spiro atoms. The summed E-state index contributed by atoms with van der Waals surface area (Å²) >= 11 is -1.56. The Labute approximate surface area is 169 Å². The molecule has 3 aromatic carbocycles. The molecular weight excluding hydrogens is 439 g/mol. The van der Waals surface area contributed by atoms with Gasteiger partial charge in [-0.2, -0.15) is 0 Å². The zero-order valence-electron chi connectivity index (χ0n) is 15.8. The summed E-state index contributed by atoms with van der Waals surface area (Å²) in [6.45, 7) is 1.60. The minimum absolute atomic E-state index is 0.222. The summed E-state index contributed by atoms with van der Waals surface area (Å²) in [5, 5.41) is 7.72. The van der Waals surface area contributed by atoms with E-state index in [1.165, 1.54) is 30.0 Å². The van der Waals surface area contributed by atoms with E-state index in [4.69, 9.17) is 5.11 Å². The van der Waals surface area contributed by atoms with Crippen molar-refractivity contribution in [3.05, 3.63) is 108 Å². The van der Waals surface area contributed by atoms with Gasteiger partial charge in [0.1, 0.15) is 0 Å². The van der Waals surface area contributed by atoms with Crippen molar-refractivity contribution in [3.8, 4) is 0 Å². The molecule has 3 aromatic rings. The molecule has 0 amide bonds. The van der Waals surface area contributed by atoms with Crippen LogP contribution < -0.4 is 0 Å². The van der Waals surface area contributed by atoms with Gasteiger partial charge in [-0.1, -0.05) is 6.92 Å². The first-order chi connectivity index (χ1) is 13.2. The van der Waals surface area contributed by atoms with E-state index in [-0.39, 0.29) is 6.42 Å². The topological polar surface area (TPSA) is 37.3 Å². The molecule has 0 bridgehead atoms. The van der Waals surface area contributed by atoms with Gasteiger partial charge in [-0.3, -0.25) is 4.79 Å². The Kier molecular flexibility index (Phi) is 9.70. The molecule has 0 fully saturated rings. The summed E-state index contributed by atoms with van der Waals surface area (Å²) in [6, 6.07) is 33.1. The van der Waals surface area contributed by atoms with Crippen LogP contribution in [0, 0.1) is 0 Å². The van der Waals surface area contributed by atoms with Crippen molar-refractivity contribution in [2.45, 2.75) is 26.7 Å². The molecule has 0 saturated carbocycles. The molecule has 1 radical (unpaired) electrons. The summed E-state index contributed by atoms with van der Waals surface area (Å²) in [5.41, 5.74) is 4.55. The molecule has 3 rings (SSSR count). The fraction of sp³-hybridized carbons (Fsp3) is 0.208. The fourth-order valence-electron chi connectivity index (χ4n) is 2.84. The Morgan fingerprint density at radius 1 is 0.667 bits per heavy atom. The molecule has 2 nitrogen and oxygen atoms in total. The number of hydrogen-bond acceptors (Lipinski definition) is 1. The van der Waals surface area contributed by atoms with Crippen molar-refractivity contribution in [1.82, 2.24) is 0 Å². The zero-order chi connectivity index (χ0) is 19.3. The third-order valence-electron chi connectivity index (χ3n) is 4.19. The van der Waals surface area contributed by atoms with E-state index in [9.17, 15) is 4.79 Å². The average molecular weight is 466 g/mol. The van der Waals surface area contributed by atoms with Gasteiger partial charge in [-0.25, -0.2) is 0 Å². The Hall–Kier alpha value is -2.07. The van der Waals surface area contributed by atoms with Gasteiger partial charge < -0.3 is 5.11 Å². The van der Waals surface area contributed by atoms with Crippen LogP contribution in [0.1, 0.15) is 30.0 Å². The predicted molar refractivity (Wildman–Crippen MR) is 114 cm³/mol. The number of benzene rings is 3. The fourth-order valence-corrected chi connectivity index (χ4v) is 10.9. The van der Waals surface area contributed by atoms with Crippen molar-refractivity contribution >= 4 is 25.7 Å². The average Bonchev–Trinajstić information content (AvgIpc) is 2.71. The Morgan fingerprint density at radius 2 is 0.926 bits per heavy atom. The Bertz CT molecular complexity index is 675. The summed E-state index contributed by atoms with van der Waals surface area (Å²) in [4.78, 5) is 9.37. The standard InChI is InChI=1S/3C7H7.C3H6O2.Sn/c3*1-7-5-3-2-4-6-7;1-2-3(4)5;/h3*2-6H,1H2;2H2,1H3,(H,4,5);. The predicted octanol–water partition coefficient (Wildman–Crippen LogP) is 5.31. The maximum atomic E-state index is 9.37. The van der Waals surface area contributed by atoms with Gasteiger partial charge in [0.05, 0.1) is 0 Å². The van der Waals surface area contributed by atoms with Crippen LogP contribution in [-0.2, 0) is 18.1 Å². The molecule has 0 heterocycles. The molecule has 0 unspecified atom stereocenters. The van der Waals surface area contributed by atoms with Crippen molar-refractivity contribution in [2.75, 3.05) is 0 Å². The number of carboxylic acid groups (broad SMARTS) is 1. The van der Waals surface area contributed by atoms with Crippen LogP contribution in [0.3, 0.4) is 0 Å². The van der Waals surface area contributed by atoms with Gasteiger partial charge in [-0.05, 0) is 0 Å². The third kappa shape index (κ3) is 8.91. The minimum atomic E-state index is -1.56. The van der Waals surface area contributed by atoms with Crippen LogP contribution >= 0.6 is 0 Å². The van der Waals surface area contributed by atoms with Gasteiger partial charge in [0.2, 0.25) is 0 Å². The first-order valence-corrected chi connectivity index (χ1v) is 15.4. The van der Waals surface area contributed by atoms with Gasteiger partial charge >= 0.3 is 147 Å². The summed E-state index contributed by atoms with van der Waals surface area (Å²) in [6.07, 6.45) is 0.222. The molecule has 0 aliphatic rings. The van der Waals surface area contributed by atoms with Gasteiger partial charge in [0.15, 0.2) is 0 Å². The van der Waals surface area contributed by atoms with Gasteiger partial charge in [-0.15, -0.1) is 0 Å². The SMILES string of the molecule is CCC(=O)O.c1ccc([CH2][Sn]([CH2]c2ccccc2)[CH2]c2ccccc2)cc1. The quantitative estimate of drug-likeness (QED) is 0.480. The second kappa shape index (κ2) is 12.3. The third-order valence-corrected chi connectivity index (χ3v) is 12.0. The molecular formula is C24H27O2Sn. The molecule has 0 aliphatic carbocycles. The van der Waals surface area contributed by atoms with Gasteiger partial charge in [0, 0.05) is 6.42 Å². The number of rotatable bonds is 7. The van der Waals surface area contributed by atoms with Gasteiger partial charge in [0.25, 0.3) is 0 Å². The second-order valence-corrected chi connectivity index (χ2v) is 13.8. The van der Waals surface area contributed by atoms with E-state index < -0.39 is 25.7 Å². The molecule has 139 valence electrons. The van der Waals surface area contributed by atoms with E-state index in [0.717, 1.165) is 0 Å². The van der Waals surface area contributed by atoms with Crippen LogP contribution in [0.2, 0.25) is 0 Å². The molecule has 0 saturated heterocycles. The van der Waals surface area contributed by atoms with Crippen LogP contribution in [0.5, 0.6) is 0 Å². The Morgan fingerprint density at radius 3 is 1.15 bits per heavy atom. The molecule has 0 aromatic heterocycles. The second-order valence-electron chi connectivity index (χ2n) is 6.48. The van der Waals surface area contributed by atoms with Crippen molar-refractivity contribution in [2.24, 2.45) is 0 Å². The van der Waals surface area contributed by atoms with E-state index in [2.05, 4.69) is 91.0 Å². The van der Waals surface area contributed by atoms with Crippen LogP contribution in [0.4, 0.5) is 0 Å². The summed E-state index contributed by atoms with van der Waals surface area (Å²) < 4.78 is 3.98. The van der Waals surface area contributed by atoms with Crippen LogP contribution in [-0.4, -0.2) is 30.8 Å². The Balaban J connectivity index is 0.000000465. The van der Waals surface area contributed by atoms with Crippen molar-refractivity contribution in [3.63, 3.8) is 0 Å². The van der Waals surface area contributed by atoms with Crippen molar-refractivity contribution < 1.29 is 9.90 Å². The normalized spacial score (nSPS) is 10.1. The summed E-state index contributed by atoms with van der Waals surface area (Å²) in [5.74, 6) is -0.745. The van der Waals surface area contributed by atoms with E-state index >= 15 is 0 Å². The van der Waals surface area contributed by atoms with E-state index in [1.54, 1.807) is 6.92 Å². The van der Waals surface area contributed by atoms with Crippen LogP contribution in [0.15, 0.2) is 91.0 Å². The number of aliphatic carboxylic acids is 1. The molecule has 3 heteroatoms.